The van der Waals surface area contributed by atoms with Crippen LogP contribution in [0.15, 0.2) is 36.4 Å². The van der Waals surface area contributed by atoms with E-state index in [4.69, 9.17) is 0 Å². The minimum absolute atomic E-state index is 0.318. The van der Waals surface area contributed by atoms with Crippen molar-refractivity contribution in [3.63, 3.8) is 0 Å². The molecule has 100 valence electrons. The van der Waals surface area contributed by atoms with E-state index in [1.807, 2.05) is 0 Å². The molecule has 2 rings (SSSR count). The molecule has 0 saturated carbocycles. The first-order valence-corrected chi connectivity index (χ1v) is 7.65. The van der Waals surface area contributed by atoms with E-state index in [0.717, 1.165) is 0 Å². The maximum Gasteiger partial charge on any atom is 0.0485 e. The topological polar surface area (TPSA) is 12.0 Å². The highest BCUT2D eigenvalue weighted by Crippen LogP contribution is 2.24. The summed E-state index contributed by atoms with van der Waals surface area (Å²) in [6.45, 7) is 8.68. The minimum Gasteiger partial charge on any atom is -0.378 e. The lowest BCUT2D eigenvalue weighted by Crippen LogP contribution is -2.08. The highest BCUT2D eigenvalue weighted by Gasteiger charge is 2.08. The molecule has 0 heterocycles. The van der Waals surface area contributed by atoms with Crippen molar-refractivity contribution in [1.29, 1.82) is 0 Å². The first kappa shape index (κ1) is 14.4. The zero-order chi connectivity index (χ0) is 14.0. The molecule has 19 heavy (non-hydrogen) atoms. The van der Waals surface area contributed by atoms with E-state index in [1.54, 1.807) is 0 Å². The second-order valence-electron chi connectivity index (χ2n) is 5.17. The fourth-order valence-electron chi connectivity index (χ4n) is 2.14. The molecular formula is C17H20IN. The van der Waals surface area contributed by atoms with Gasteiger partial charge in [-0.15, -0.1) is 0 Å². The molecule has 0 bridgehead atoms. The van der Waals surface area contributed by atoms with E-state index < -0.39 is 0 Å². The van der Waals surface area contributed by atoms with Gasteiger partial charge in [0.15, 0.2) is 0 Å². The number of halogens is 1. The molecule has 0 aliphatic heterocycles. The van der Waals surface area contributed by atoms with Crippen LogP contribution in [0.25, 0.3) is 0 Å². The Bertz CT molecular complexity index is 590. The summed E-state index contributed by atoms with van der Waals surface area (Å²) in [4.78, 5) is 0. The Hall–Kier alpha value is -1.03. The Morgan fingerprint density at radius 3 is 2.26 bits per heavy atom. The van der Waals surface area contributed by atoms with Crippen LogP contribution in [0.4, 0.5) is 5.69 Å². The van der Waals surface area contributed by atoms with Crippen LogP contribution < -0.4 is 5.32 Å². The Kier molecular flexibility index (Phi) is 4.50. The zero-order valence-electron chi connectivity index (χ0n) is 11.9. The lowest BCUT2D eigenvalue weighted by molar-refractivity contribution is 0.879. The number of rotatable bonds is 3. The Balaban J connectivity index is 2.20. The second-order valence-corrected chi connectivity index (χ2v) is 6.41. The van der Waals surface area contributed by atoms with Crippen LogP contribution in [0.2, 0.25) is 0 Å². The van der Waals surface area contributed by atoms with Crippen molar-refractivity contribution in [1.82, 2.24) is 0 Å². The third-order valence-electron chi connectivity index (χ3n) is 3.59. The molecule has 1 unspecified atom stereocenters. The van der Waals surface area contributed by atoms with Crippen molar-refractivity contribution in [3.8, 4) is 0 Å². The molecule has 0 radical (unpaired) electrons. The third-order valence-corrected chi connectivity index (χ3v) is 4.26. The van der Waals surface area contributed by atoms with Gasteiger partial charge in [-0.05, 0) is 90.7 Å². The van der Waals surface area contributed by atoms with Gasteiger partial charge in [-0.3, -0.25) is 0 Å². The van der Waals surface area contributed by atoms with Gasteiger partial charge in [-0.2, -0.15) is 0 Å². The number of benzene rings is 2. The van der Waals surface area contributed by atoms with E-state index in [-0.39, 0.29) is 0 Å². The van der Waals surface area contributed by atoms with Gasteiger partial charge in [0.1, 0.15) is 0 Å². The predicted molar refractivity (Wildman–Crippen MR) is 91.8 cm³/mol. The standard InChI is InChI=1S/C17H20IN/c1-11-5-6-15(9-12(11)2)14(4)19-17-8-7-16(18)10-13(17)3/h5-10,14,19H,1-4H3. The van der Waals surface area contributed by atoms with Gasteiger partial charge >= 0.3 is 0 Å². The van der Waals surface area contributed by atoms with Crippen molar-refractivity contribution in [2.75, 3.05) is 5.32 Å². The van der Waals surface area contributed by atoms with Crippen molar-refractivity contribution in [2.45, 2.75) is 33.7 Å². The highest BCUT2D eigenvalue weighted by atomic mass is 127. The summed E-state index contributed by atoms with van der Waals surface area (Å²) in [6.07, 6.45) is 0. The molecular weight excluding hydrogens is 345 g/mol. The summed E-state index contributed by atoms with van der Waals surface area (Å²) in [5.41, 5.74) is 6.54. The van der Waals surface area contributed by atoms with Crippen LogP contribution in [0.3, 0.4) is 0 Å². The molecule has 2 aromatic rings. The van der Waals surface area contributed by atoms with Crippen LogP contribution in [0.1, 0.15) is 35.2 Å². The molecule has 0 amide bonds. The van der Waals surface area contributed by atoms with Gasteiger partial charge in [-0.1, -0.05) is 18.2 Å². The molecule has 0 aliphatic carbocycles. The minimum atomic E-state index is 0.318. The molecule has 1 nitrogen and oxygen atoms in total. The first-order chi connectivity index (χ1) is 8.97. The quantitative estimate of drug-likeness (QED) is 0.720. The molecule has 0 spiro atoms. The van der Waals surface area contributed by atoms with Crippen LogP contribution in [-0.4, -0.2) is 0 Å². The van der Waals surface area contributed by atoms with E-state index >= 15 is 0 Å². The highest BCUT2D eigenvalue weighted by molar-refractivity contribution is 14.1. The summed E-state index contributed by atoms with van der Waals surface area (Å²) in [5, 5.41) is 3.60. The van der Waals surface area contributed by atoms with Crippen LogP contribution in [0, 0.1) is 24.3 Å². The predicted octanol–water partition coefficient (Wildman–Crippen LogP) is 5.39. The average molecular weight is 365 g/mol. The van der Waals surface area contributed by atoms with Gasteiger partial charge in [0.05, 0.1) is 0 Å². The molecule has 0 fully saturated rings. The molecule has 0 saturated heterocycles. The summed E-state index contributed by atoms with van der Waals surface area (Å²) >= 11 is 2.35. The van der Waals surface area contributed by atoms with Crippen LogP contribution in [-0.2, 0) is 0 Å². The second kappa shape index (κ2) is 5.95. The number of anilines is 1. The van der Waals surface area contributed by atoms with E-state index in [0.29, 0.717) is 6.04 Å². The average Bonchev–Trinajstić information content (AvgIpc) is 2.36. The van der Waals surface area contributed by atoms with Crippen molar-refractivity contribution in [3.05, 3.63) is 62.2 Å². The summed E-state index contributed by atoms with van der Waals surface area (Å²) in [5.74, 6) is 0. The summed E-state index contributed by atoms with van der Waals surface area (Å²) in [6, 6.07) is 13.5. The smallest absolute Gasteiger partial charge is 0.0485 e. The molecule has 1 atom stereocenters. The fraction of sp³-hybridized carbons (Fsp3) is 0.294. The van der Waals surface area contributed by atoms with Gasteiger partial charge in [0, 0.05) is 15.3 Å². The van der Waals surface area contributed by atoms with E-state index in [1.165, 1.54) is 31.5 Å². The monoisotopic (exact) mass is 365 g/mol. The summed E-state index contributed by atoms with van der Waals surface area (Å²) < 4.78 is 1.28. The number of hydrogen-bond donors (Lipinski definition) is 1. The maximum atomic E-state index is 3.60. The Labute approximate surface area is 129 Å². The Morgan fingerprint density at radius 2 is 1.63 bits per heavy atom. The molecule has 2 aromatic carbocycles. The largest absolute Gasteiger partial charge is 0.378 e. The van der Waals surface area contributed by atoms with Gasteiger partial charge in [0.2, 0.25) is 0 Å². The van der Waals surface area contributed by atoms with Crippen molar-refractivity contribution in [2.24, 2.45) is 0 Å². The SMILES string of the molecule is Cc1ccc(C(C)Nc2ccc(I)cc2C)cc1C. The lowest BCUT2D eigenvalue weighted by Gasteiger charge is -2.18. The molecule has 0 aliphatic rings. The molecule has 0 aromatic heterocycles. The number of aryl methyl sites for hydroxylation is 3. The number of nitrogens with one attached hydrogen (secondary N) is 1. The van der Waals surface area contributed by atoms with Crippen LogP contribution in [0.5, 0.6) is 0 Å². The van der Waals surface area contributed by atoms with Gasteiger partial charge in [-0.25, -0.2) is 0 Å². The van der Waals surface area contributed by atoms with E-state index in [2.05, 4.69) is 92.0 Å². The lowest BCUT2D eigenvalue weighted by atomic mass is 10.0. The van der Waals surface area contributed by atoms with E-state index in [9.17, 15) is 0 Å². The molecule has 2 heteroatoms. The summed E-state index contributed by atoms with van der Waals surface area (Å²) in [7, 11) is 0. The fourth-order valence-corrected chi connectivity index (χ4v) is 2.79. The zero-order valence-corrected chi connectivity index (χ0v) is 14.1. The Morgan fingerprint density at radius 1 is 0.895 bits per heavy atom. The van der Waals surface area contributed by atoms with Gasteiger partial charge in [0.25, 0.3) is 0 Å². The normalized spacial score (nSPS) is 12.3. The first-order valence-electron chi connectivity index (χ1n) is 6.57. The number of hydrogen-bond acceptors (Lipinski definition) is 1. The third kappa shape index (κ3) is 3.50. The maximum absolute atomic E-state index is 3.60. The van der Waals surface area contributed by atoms with Gasteiger partial charge < -0.3 is 5.32 Å². The van der Waals surface area contributed by atoms with Crippen molar-refractivity contribution >= 4 is 28.3 Å². The van der Waals surface area contributed by atoms with Crippen molar-refractivity contribution < 1.29 is 0 Å². The molecule has 1 N–H and O–H groups in total. The van der Waals surface area contributed by atoms with Crippen LogP contribution >= 0.6 is 22.6 Å².